The van der Waals surface area contributed by atoms with Crippen molar-refractivity contribution in [2.45, 2.75) is 19.4 Å². The first-order valence-electron chi connectivity index (χ1n) is 4.29. The largest absolute Gasteiger partial charge is 0.508 e. The monoisotopic (exact) mass is 196 g/mol. The lowest BCUT2D eigenvalue weighted by atomic mass is 10.0. The van der Waals surface area contributed by atoms with Gasteiger partial charge in [-0.2, -0.15) is 0 Å². The van der Waals surface area contributed by atoms with Crippen LogP contribution in [0.15, 0.2) is 18.2 Å². The maximum Gasteiger partial charge on any atom is 0.274 e. The summed E-state index contributed by atoms with van der Waals surface area (Å²) in [5.74, 6) is -0.00509. The molecule has 0 bridgehead atoms. The van der Waals surface area contributed by atoms with E-state index in [9.17, 15) is 15.2 Å². The molecule has 3 N–H and O–H groups in total. The summed E-state index contributed by atoms with van der Waals surface area (Å²) >= 11 is 0. The normalized spacial score (nSPS) is 12.4. The third-order valence-corrected chi connectivity index (χ3v) is 2.05. The fourth-order valence-electron chi connectivity index (χ4n) is 1.23. The minimum atomic E-state index is -0.496. The number of phenols is 1. The van der Waals surface area contributed by atoms with Gasteiger partial charge in [0, 0.05) is 12.1 Å². The number of aromatic hydroxyl groups is 1. The number of nitro benzene ring substituents is 1. The van der Waals surface area contributed by atoms with Crippen molar-refractivity contribution < 1.29 is 10.0 Å². The molecule has 0 radical (unpaired) electrons. The first-order chi connectivity index (χ1) is 6.56. The second-order valence-corrected chi connectivity index (χ2v) is 3.01. The van der Waals surface area contributed by atoms with Crippen LogP contribution in [0.2, 0.25) is 0 Å². The van der Waals surface area contributed by atoms with Crippen LogP contribution >= 0.6 is 0 Å². The minimum absolute atomic E-state index is 0.00509. The van der Waals surface area contributed by atoms with Gasteiger partial charge in [-0.15, -0.1) is 0 Å². The van der Waals surface area contributed by atoms with Gasteiger partial charge in [0.05, 0.1) is 10.5 Å². The molecule has 0 amide bonds. The lowest BCUT2D eigenvalue weighted by molar-refractivity contribution is -0.385. The molecule has 14 heavy (non-hydrogen) atoms. The zero-order valence-corrected chi connectivity index (χ0v) is 7.80. The van der Waals surface area contributed by atoms with Crippen LogP contribution in [0.1, 0.15) is 24.9 Å². The van der Waals surface area contributed by atoms with Crippen molar-refractivity contribution in [1.82, 2.24) is 0 Å². The Morgan fingerprint density at radius 1 is 1.64 bits per heavy atom. The molecule has 0 saturated heterocycles. The molecule has 1 atom stereocenters. The molecule has 0 heterocycles. The number of nitrogens with zero attached hydrogens (tertiary/aromatic N) is 1. The average molecular weight is 196 g/mol. The van der Waals surface area contributed by atoms with E-state index in [2.05, 4.69) is 0 Å². The topological polar surface area (TPSA) is 89.4 Å². The zero-order valence-electron chi connectivity index (χ0n) is 7.80. The molecule has 0 aliphatic rings. The number of nitrogens with two attached hydrogens (primary N) is 1. The summed E-state index contributed by atoms with van der Waals surface area (Å²) in [6, 6.07) is 3.47. The van der Waals surface area contributed by atoms with E-state index in [1.165, 1.54) is 18.2 Å². The van der Waals surface area contributed by atoms with Crippen molar-refractivity contribution in [1.29, 1.82) is 0 Å². The fraction of sp³-hybridized carbons (Fsp3) is 0.333. The highest BCUT2D eigenvalue weighted by atomic mass is 16.6. The Morgan fingerprint density at radius 3 is 2.79 bits per heavy atom. The predicted molar refractivity (Wildman–Crippen MR) is 52.0 cm³/mol. The SMILES string of the molecule is CC[C@@H](N)c1cc(O)ccc1[N+](=O)[O-]. The number of hydrogen-bond acceptors (Lipinski definition) is 4. The Hall–Kier alpha value is -1.62. The zero-order chi connectivity index (χ0) is 10.7. The third-order valence-electron chi connectivity index (χ3n) is 2.05. The van der Waals surface area contributed by atoms with Gasteiger partial charge in [0.15, 0.2) is 0 Å². The Bertz CT molecular complexity index is 352. The summed E-state index contributed by atoms with van der Waals surface area (Å²) < 4.78 is 0. The molecule has 0 fully saturated rings. The molecule has 1 aromatic rings. The molecule has 0 aliphatic carbocycles. The van der Waals surface area contributed by atoms with Gasteiger partial charge < -0.3 is 10.8 Å². The molecule has 0 unspecified atom stereocenters. The summed E-state index contributed by atoms with van der Waals surface area (Å²) in [5, 5.41) is 19.8. The van der Waals surface area contributed by atoms with Crippen LogP contribution in [0.25, 0.3) is 0 Å². The minimum Gasteiger partial charge on any atom is -0.508 e. The molecule has 0 spiro atoms. The highest BCUT2D eigenvalue weighted by Gasteiger charge is 2.18. The average Bonchev–Trinajstić information content (AvgIpc) is 2.16. The van der Waals surface area contributed by atoms with Crippen molar-refractivity contribution in [2.24, 2.45) is 5.73 Å². The smallest absolute Gasteiger partial charge is 0.274 e. The number of rotatable bonds is 3. The van der Waals surface area contributed by atoms with Gasteiger partial charge >= 0.3 is 0 Å². The van der Waals surface area contributed by atoms with Crippen molar-refractivity contribution in [2.75, 3.05) is 0 Å². The lowest BCUT2D eigenvalue weighted by Crippen LogP contribution is -2.10. The standard InChI is InChI=1S/C9H12N2O3/c1-2-8(10)7-5-6(12)3-4-9(7)11(13)14/h3-5,8,12H,2,10H2,1H3/t8-/m1/s1. The van der Waals surface area contributed by atoms with Crippen LogP contribution in [0.3, 0.4) is 0 Å². The predicted octanol–water partition coefficient (Wildman–Crippen LogP) is 1.71. The van der Waals surface area contributed by atoms with Crippen LogP contribution in [-0.4, -0.2) is 10.0 Å². The Kier molecular flexibility index (Phi) is 3.03. The van der Waals surface area contributed by atoms with E-state index in [1.807, 2.05) is 6.92 Å². The number of hydrogen-bond donors (Lipinski definition) is 2. The van der Waals surface area contributed by atoms with Crippen LogP contribution in [0.4, 0.5) is 5.69 Å². The Labute approximate surface area is 81.3 Å². The molecule has 5 nitrogen and oxygen atoms in total. The summed E-state index contributed by atoms with van der Waals surface area (Å²) in [4.78, 5) is 10.1. The first-order valence-corrected chi connectivity index (χ1v) is 4.29. The Morgan fingerprint density at radius 2 is 2.29 bits per heavy atom. The fourth-order valence-corrected chi connectivity index (χ4v) is 1.23. The molecular formula is C9H12N2O3. The van der Waals surface area contributed by atoms with Gasteiger partial charge in [-0.25, -0.2) is 0 Å². The van der Waals surface area contributed by atoms with Crippen LogP contribution < -0.4 is 5.73 Å². The number of phenolic OH excluding ortho intramolecular Hbond substituents is 1. The third kappa shape index (κ3) is 2.00. The van der Waals surface area contributed by atoms with E-state index < -0.39 is 11.0 Å². The van der Waals surface area contributed by atoms with Gasteiger partial charge in [0.2, 0.25) is 0 Å². The van der Waals surface area contributed by atoms with E-state index in [0.29, 0.717) is 12.0 Å². The number of nitro groups is 1. The van der Waals surface area contributed by atoms with Gasteiger partial charge in [0.25, 0.3) is 5.69 Å². The van der Waals surface area contributed by atoms with E-state index in [0.717, 1.165) is 0 Å². The molecule has 0 saturated carbocycles. The van der Waals surface area contributed by atoms with Gasteiger partial charge in [-0.05, 0) is 18.6 Å². The van der Waals surface area contributed by atoms with Gasteiger partial charge in [-0.1, -0.05) is 6.92 Å². The van der Waals surface area contributed by atoms with Crippen LogP contribution in [0.5, 0.6) is 5.75 Å². The van der Waals surface area contributed by atoms with E-state index >= 15 is 0 Å². The van der Waals surface area contributed by atoms with Crippen molar-refractivity contribution in [3.05, 3.63) is 33.9 Å². The molecule has 1 rings (SSSR count). The Balaban J connectivity index is 3.22. The summed E-state index contributed by atoms with van der Waals surface area (Å²) in [6.07, 6.45) is 0.588. The van der Waals surface area contributed by atoms with E-state index in [4.69, 9.17) is 5.73 Å². The molecular weight excluding hydrogens is 184 g/mol. The lowest BCUT2D eigenvalue weighted by Gasteiger charge is -2.09. The maximum atomic E-state index is 10.6. The molecule has 76 valence electrons. The summed E-state index contributed by atoms with van der Waals surface area (Å²) in [6.45, 7) is 1.83. The molecule has 1 aromatic carbocycles. The molecule has 0 aromatic heterocycles. The second kappa shape index (κ2) is 4.06. The number of benzene rings is 1. The molecule has 5 heteroatoms. The molecule has 0 aliphatic heterocycles. The van der Waals surface area contributed by atoms with Crippen LogP contribution in [0, 0.1) is 10.1 Å². The van der Waals surface area contributed by atoms with Crippen molar-refractivity contribution in [3.63, 3.8) is 0 Å². The quantitative estimate of drug-likeness (QED) is 0.568. The van der Waals surface area contributed by atoms with E-state index in [1.54, 1.807) is 0 Å². The van der Waals surface area contributed by atoms with Crippen molar-refractivity contribution in [3.8, 4) is 5.75 Å². The summed E-state index contributed by atoms with van der Waals surface area (Å²) in [5.41, 5.74) is 6.01. The maximum absolute atomic E-state index is 10.6. The first kappa shape index (κ1) is 10.5. The van der Waals surface area contributed by atoms with Crippen molar-refractivity contribution >= 4 is 5.69 Å². The summed E-state index contributed by atoms with van der Waals surface area (Å²) in [7, 11) is 0. The second-order valence-electron chi connectivity index (χ2n) is 3.01. The van der Waals surface area contributed by atoms with Crippen LogP contribution in [-0.2, 0) is 0 Å². The van der Waals surface area contributed by atoms with Gasteiger partial charge in [-0.3, -0.25) is 10.1 Å². The van der Waals surface area contributed by atoms with E-state index in [-0.39, 0.29) is 11.4 Å². The van der Waals surface area contributed by atoms with Gasteiger partial charge in [0.1, 0.15) is 5.75 Å². The highest BCUT2D eigenvalue weighted by molar-refractivity contribution is 5.46. The highest BCUT2D eigenvalue weighted by Crippen LogP contribution is 2.28.